The van der Waals surface area contributed by atoms with Crippen molar-refractivity contribution in [3.8, 4) is 11.8 Å². The molecule has 1 aromatic carbocycles. The molecule has 0 spiro atoms. The number of anilines is 1. The highest BCUT2D eigenvalue weighted by Gasteiger charge is 2.21. The van der Waals surface area contributed by atoms with Crippen molar-refractivity contribution in [2.24, 2.45) is 0 Å². The lowest BCUT2D eigenvalue weighted by Gasteiger charge is -2.25. The Balaban J connectivity index is 2.63. The van der Waals surface area contributed by atoms with E-state index in [1.165, 1.54) is 0 Å². The highest BCUT2D eigenvalue weighted by molar-refractivity contribution is 6.48. The predicted octanol–water partition coefficient (Wildman–Crippen LogP) is 5.33. The molecule has 0 unspecified atom stereocenters. The number of rotatable bonds is 6. The molecule has 1 heterocycles. The maximum atomic E-state index is 9.42. The molecule has 0 aliphatic heterocycles. The van der Waals surface area contributed by atoms with Gasteiger partial charge in [0, 0.05) is 13.1 Å². The average molecular weight is 372 g/mol. The minimum Gasteiger partial charge on any atom is -0.355 e. The van der Waals surface area contributed by atoms with Gasteiger partial charge in [-0.15, -0.1) is 0 Å². The van der Waals surface area contributed by atoms with E-state index in [1.807, 2.05) is 0 Å². The van der Waals surface area contributed by atoms with Crippen LogP contribution in [0.15, 0.2) is 18.3 Å². The van der Waals surface area contributed by atoms with Crippen LogP contribution in [0.4, 0.5) is 5.82 Å². The van der Waals surface area contributed by atoms with Gasteiger partial charge in [0.2, 0.25) is 0 Å². The summed E-state index contributed by atoms with van der Waals surface area (Å²) in [5, 5.41) is 14.7. The van der Waals surface area contributed by atoms with E-state index in [0.29, 0.717) is 21.3 Å². The lowest BCUT2D eigenvalue weighted by Crippen LogP contribution is -2.28. The van der Waals surface area contributed by atoms with Crippen molar-refractivity contribution in [3.05, 3.63) is 39.0 Å². The maximum absolute atomic E-state index is 9.42. The fourth-order valence-corrected chi connectivity index (χ4v) is 3.05. The number of hydrogen-bond donors (Lipinski definition) is 0. The molecule has 0 amide bonds. The van der Waals surface area contributed by atoms with E-state index in [4.69, 9.17) is 34.8 Å². The lowest BCUT2D eigenvalue weighted by atomic mass is 10.2. The van der Waals surface area contributed by atoms with Gasteiger partial charge in [-0.25, -0.2) is 4.68 Å². The van der Waals surface area contributed by atoms with E-state index in [0.717, 1.165) is 31.7 Å². The molecule has 0 atom stereocenters. The maximum Gasteiger partial charge on any atom is 0.150 e. The second-order valence-electron chi connectivity index (χ2n) is 5.09. The summed E-state index contributed by atoms with van der Waals surface area (Å²) in [6, 6.07) is 5.63. The average Bonchev–Trinajstić information content (AvgIpc) is 2.96. The third kappa shape index (κ3) is 3.58. The van der Waals surface area contributed by atoms with Crippen molar-refractivity contribution < 1.29 is 0 Å². The summed E-state index contributed by atoms with van der Waals surface area (Å²) in [7, 11) is 0. The molecule has 2 rings (SSSR count). The zero-order valence-electron chi connectivity index (χ0n) is 13.0. The first-order valence-electron chi connectivity index (χ1n) is 7.42. The Labute approximate surface area is 151 Å². The molecular formula is C16H17Cl3N4. The predicted molar refractivity (Wildman–Crippen MR) is 96.1 cm³/mol. The van der Waals surface area contributed by atoms with Gasteiger partial charge in [-0.1, -0.05) is 48.7 Å². The van der Waals surface area contributed by atoms with Crippen LogP contribution in [0.2, 0.25) is 15.1 Å². The highest BCUT2D eigenvalue weighted by Crippen LogP contribution is 2.36. The Kier molecular flexibility index (Phi) is 6.17. The van der Waals surface area contributed by atoms with E-state index < -0.39 is 0 Å². The van der Waals surface area contributed by atoms with Crippen molar-refractivity contribution >= 4 is 40.6 Å². The van der Waals surface area contributed by atoms with E-state index in [-0.39, 0.29) is 5.02 Å². The van der Waals surface area contributed by atoms with Crippen LogP contribution in [0, 0.1) is 11.3 Å². The number of hydrogen-bond acceptors (Lipinski definition) is 3. The van der Waals surface area contributed by atoms with Gasteiger partial charge in [0.05, 0.1) is 27.0 Å². The van der Waals surface area contributed by atoms with Crippen LogP contribution in [0.25, 0.3) is 5.69 Å². The molecule has 2 aromatic rings. The minimum absolute atomic E-state index is 0.281. The van der Waals surface area contributed by atoms with Gasteiger partial charge in [0.1, 0.15) is 17.5 Å². The van der Waals surface area contributed by atoms with Crippen LogP contribution < -0.4 is 4.90 Å². The Bertz CT molecular complexity index is 728. The summed E-state index contributed by atoms with van der Waals surface area (Å²) in [6.07, 6.45) is 3.48. The number of aromatic nitrogens is 2. The molecular weight excluding hydrogens is 355 g/mol. The Morgan fingerprint density at radius 1 is 1.13 bits per heavy atom. The van der Waals surface area contributed by atoms with Crippen LogP contribution >= 0.6 is 34.8 Å². The third-order valence-corrected chi connectivity index (χ3v) is 4.68. The summed E-state index contributed by atoms with van der Waals surface area (Å²) in [5.41, 5.74) is 1.11. The first kappa shape index (κ1) is 17.9. The van der Waals surface area contributed by atoms with Gasteiger partial charge < -0.3 is 4.90 Å². The van der Waals surface area contributed by atoms with E-state index in [9.17, 15) is 5.26 Å². The molecule has 122 valence electrons. The number of nitrogens with zero attached hydrogens (tertiary/aromatic N) is 4. The van der Waals surface area contributed by atoms with Crippen LogP contribution in [0.5, 0.6) is 0 Å². The normalized spacial score (nSPS) is 10.6. The van der Waals surface area contributed by atoms with Gasteiger partial charge in [0.25, 0.3) is 0 Å². The van der Waals surface area contributed by atoms with Crippen LogP contribution in [-0.4, -0.2) is 22.9 Å². The van der Waals surface area contributed by atoms with E-state index >= 15 is 0 Å². The molecule has 0 radical (unpaired) electrons. The lowest BCUT2D eigenvalue weighted by molar-refractivity contribution is 0.710. The Hall–Kier alpha value is -1.41. The summed E-state index contributed by atoms with van der Waals surface area (Å²) >= 11 is 18.5. The summed E-state index contributed by atoms with van der Waals surface area (Å²) in [4.78, 5) is 2.14. The number of nitriles is 1. The van der Waals surface area contributed by atoms with Gasteiger partial charge >= 0.3 is 0 Å². The third-order valence-electron chi connectivity index (χ3n) is 3.39. The molecule has 0 aliphatic rings. The van der Waals surface area contributed by atoms with Crippen LogP contribution in [0.3, 0.4) is 0 Å². The molecule has 0 fully saturated rings. The summed E-state index contributed by atoms with van der Waals surface area (Å²) in [6.45, 7) is 5.85. The van der Waals surface area contributed by atoms with Crippen molar-refractivity contribution in [1.29, 1.82) is 5.26 Å². The van der Waals surface area contributed by atoms with Gasteiger partial charge in [0.15, 0.2) is 0 Å². The number of benzene rings is 1. The molecule has 1 aromatic heterocycles. The molecule has 23 heavy (non-hydrogen) atoms. The molecule has 0 N–H and O–H groups in total. The smallest absolute Gasteiger partial charge is 0.150 e. The first-order valence-corrected chi connectivity index (χ1v) is 8.55. The van der Waals surface area contributed by atoms with E-state index in [1.54, 1.807) is 23.0 Å². The van der Waals surface area contributed by atoms with Crippen LogP contribution in [-0.2, 0) is 0 Å². The van der Waals surface area contributed by atoms with Crippen molar-refractivity contribution in [3.63, 3.8) is 0 Å². The summed E-state index contributed by atoms with van der Waals surface area (Å²) < 4.78 is 1.66. The SMILES string of the molecule is CCCN(CCC)c1c(C#N)cnn1-c1ccc(Cl)c(Cl)c1Cl. The van der Waals surface area contributed by atoms with Crippen molar-refractivity contribution in [2.45, 2.75) is 26.7 Å². The zero-order valence-corrected chi connectivity index (χ0v) is 15.3. The fourth-order valence-electron chi connectivity index (χ4n) is 2.44. The zero-order chi connectivity index (χ0) is 17.0. The largest absolute Gasteiger partial charge is 0.355 e. The second-order valence-corrected chi connectivity index (χ2v) is 6.25. The molecule has 0 saturated heterocycles. The first-order chi connectivity index (χ1) is 11.0. The molecule has 0 bridgehead atoms. The number of halogens is 3. The Morgan fingerprint density at radius 2 is 1.78 bits per heavy atom. The van der Waals surface area contributed by atoms with Gasteiger partial charge in [-0.2, -0.15) is 10.4 Å². The second kappa shape index (κ2) is 7.92. The fraction of sp³-hybridized carbons (Fsp3) is 0.375. The van der Waals surface area contributed by atoms with Crippen molar-refractivity contribution in [2.75, 3.05) is 18.0 Å². The molecule has 7 heteroatoms. The molecule has 4 nitrogen and oxygen atoms in total. The Morgan fingerprint density at radius 3 is 2.35 bits per heavy atom. The topological polar surface area (TPSA) is 44.9 Å². The summed E-state index contributed by atoms with van der Waals surface area (Å²) in [5.74, 6) is 0.733. The minimum atomic E-state index is 0.281. The van der Waals surface area contributed by atoms with E-state index in [2.05, 4.69) is 29.9 Å². The van der Waals surface area contributed by atoms with Crippen LogP contribution in [0.1, 0.15) is 32.3 Å². The monoisotopic (exact) mass is 370 g/mol. The van der Waals surface area contributed by atoms with Gasteiger partial charge in [-0.05, 0) is 25.0 Å². The molecule has 0 saturated carbocycles. The van der Waals surface area contributed by atoms with Gasteiger partial charge in [-0.3, -0.25) is 0 Å². The highest BCUT2D eigenvalue weighted by atomic mass is 35.5. The molecule has 0 aliphatic carbocycles. The van der Waals surface area contributed by atoms with Crippen molar-refractivity contribution in [1.82, 2.24) is 9.78 Å². The standard InChI is InChI=1S/C16H17Cl3N4/c1-3-7-22(8-4-2)16-11(9-20)10-21-23(16)13-6-5-12(17)14(18)15(13)19/h5-6,10H,3-4,7-8H2,1-2H3. The quantitative estimate of drug-likeness (QED) is 0.645.